The van der Waals surface area contributed by atoms with Crippen LogP contribution in [0, 0.1) is 6.92 Å². The van der Waals surface area contributed by atoms with Gasteiger partial charge >= 0.3 is 0 Å². The summed E-state index contributed by atoms with van der Waals surface area (Å²) in [6.07, 6.45) is 1.31. The van der Waals surface area contributed by atoms with Crippen LogP contribution < -0.4 is 16.2 Å². The molecule has 0 radical (unpaired) electrons. The van der Waals surface area contributed by atoms with Crippen molar-refractivity contribution in [1.82, 2.24) is 19.7 Å². The SMILES string of the molecule is COc1cc(-n2nc(C)c(C(N)=O)c2N)ncn1. The highest BCUT2D eigenvalue weighted by Gasteiger charge is 2.18. The van der Waals surface area contributed by atoms with E-state index in [0.29, 0.717) is 17.4 Å². The van der Waals surface area contributed by atoms with Crippen LogP contribution in [0.2, 0.25) is 0 Å². The number of hydrogen-bond acceptors (Lipinski definition) is 6. The number of anilines is 1. The van der Waals surface area contributed by atoms with Crippen LogP contribution in [0.5, 0.6) is 5.88 Å². The standard InChI is InChI=1S/C10H12N6O2/c1-5-8(10(12)17)9(11)16(15-5)6-3-7(18-2)14-4-13-6/h3-4H,11H2,1-2H3,(H2,12,17). The molecule has 8 nitrogen and oxygen atoms in total. The van der Waals surface area contributed by atoms with Crippen molar-refractivity contribution >= 4 is 11.7 Å². The number of primary amides is 1. The Morgan fingerprint density at radius 1 is 1.44 bits per heavy atom. The Balaban J connectivity index is 2.57. The van der Waals surface area contributed by atoms with E-state index in [-0.39, 0.29) is 11.4 Å². The molecule has 0 spiro atoms. The maximum absolute atomic E-state index is 11.2. The van der Waals surface area contributed by atoms with Gasteiger partial charge in [-0.25, -0.2) is 9.97 Å². The normalized spacial score (nSPS) is 10.3. The molecule has 0 saturated carbocycles. The van der Waals surface area contributed by atoms with Gasteiger partial charge in [0.2, 0.25) is 5.88 Å². The molecular formula is C10H12N6O2. The van der Waals surface area contributed by atoms with Crippen molar-refractivity contribution in [3.63, 3.8) is 0 Å². The van der Waals surface area contributed by atoms with Crippen molar-refractivity contribution in [3.8, 4) is 11.7 Å². The summed E-state index contributed by atoms with van der Waals surface area (Å²) >= 11 is 0. The smallest absolute Gasteiger partial charge is 0.254 e. The fourth-order valence-corrected chi connectivity index (χ4v) is 1.58. The van der Waals surface area contributed by atoms with Gasteiger partial charge in [-0.2, -0.15) is 9.78 Å². The summed E-state index contributed by atoms with van der Waals surface area (Å²) in [6.45, 7) is 1.64. The first-order valence-corrected chi connectivity index (χ1v) is 5.06. The molecule has 0 aromatic carbocycles. The number of amides is 1. The average Bonchev–Trinajstić information content (AvgIpc) is 2.65. The summed E-state index contributed by atoms with van der Waals surface area (Å²) in [5.41, 5.74) is 11.7. The van der Waals surface area contributed by atoms with Crippen LogP contribution >= 0.6 is 0 Å². The molecule has 0 fully saturated rings. The Morgan fingerprint density at radius 2 is 2.17 bits per heavy atom. The van der Waals surface area contributed by atoms with Gasteiger partial charge in [0.15, 0.2) is 5.82 Å². The lowest BCUT2D eigenvalue weighted by Gasteiger charge is -2.04. The Kier molecular flexibility index (Phi) is 2.84. The lowest BCUT2D eigenvalue weighted by atomic mass is 10.2. The second-order valence-corrected chi connectivity index (χ2v) is 3.54. The van der Waals surface area contributed by atoms with Gasteiger partial charge in [-0.05, 0) is 6.92 Å². The Bertz CT molecular complexity index is 606. The highest BCUT2D eigenvalue weighted by atomic mass is 16.5. The number of carbonyl (C=O) groups excluding carboxylic acids is 1. The van der Waals surface area contributed by atoms with Gasteiger partial charge in [-0.1, -0.05) is 0 Å². The molecule has 1 amide bonds. The first-order chi connectivity index (χ1) is 8.54. The van der Waals surface area contributed by atoms with Crippen LogP contribution in [0.3, 0.4) is 0 Å². The van der Waals surface area contributed by atoms with Crippen LogP contribution in [0.1, 0.15) is 16.1 Å². The van der Waals surface area contributed by atoms with Gasteiger partial charge < -0.3 is 16.2 Å². The zero-order valence-electron chi connectivity index (χ0n) is 9.91. The highest BCUT2D eigenvalue weighted by Crippen LogP contribution is 2.20. The van der Waals surface area contributed by atoms with Crippen molar-refractivity contribution in [2.24, 2.45) is 5.73 Å². The molecule has 2 aromatic rings. The molecule has 2 rings (SSSR count). The summed E-state index contributed by atoms with van der Waals surface area (Å²) < 4.78 is 6.30. The van der Waals surface area contributed by atoms with Crippen molar-refractivity contribution in [2.75, 3.05) is 12.8 Å². The van der Waals surface area contributed by atoms with E-state index in [1.165, 1.54) is 18.1 Å². The minimum Gasteiger partial charge on any atom is -0.481 e. The van der Waals surface area contributed by atoms with E-state index < -0.39 is 5.91 Å². The predicted octanol–water partition coefficient (Wildman–Crippen LogP) is -0.340. The van der Waals surface area contributed by atoms with Crippen molar-refractivity contribution in [2.45, 2.75) is 6.92 Å². The fraction of sp³-hybridized carbons (Fsp3) is 0.200. The lowest BCUT2D eigenvalue weighted by molar-refractivity contribution is 0.100. The van der Waals surface area contributed by atoms with Gasteiger partial charge in [0.25, 0.3) is 5.91 Å². The maximum atomic E-state index is 11.2. The molecule has 0 bridgehead atoms. The third-order valence-electron chi connectivity index (χ3n) is 2.40. The van der Waals surface area contributed by atoms with Gasteiger partial charge in [0, 0.05) is 6.07 Å². The molecule has 8 heteroatoms. The van der Waals surface area contributed by atoms with Crippen LogP contribution in [0.4, 0.5) is 5.82 Å². The molecule has 0 atom stereocenters. The van der Waals surface area contributed by atoms with E-state index in [1.54, 1.807) is 13.0 Å². The van der Waals surface area contributed by atoms with Gasteiger partial charge in [-0.15, -0.1) is 0 Å². The average molecular weight is 248 g/mol. The van der Waals surface area contributed by atoms with Crippen molar-refractivity contribution in [1.29, 1.82) is 0 Å². The van der Waals surface area contributed by atoms with Crippen LogP contribution in [-0.4, -0.2) is 32.8 Å². The largest absolute Gasteiger partial charge is 0.481 e. The number of nitrogen functional groups attached to an aromatic ring is 1. The fourth-order valence-electron chi connectivity index (χ4n) is 1.58. The summed E-state index contributed by atoms with van der Waals surface area (Å²) in [7, 11) is 1.48. The molecule has 0 unspecified atom stereocenters. The molecule has 94 valence electrons. The molecule has 0 aliphatic rings. The lowest BCUT2D eigenvalue weighted by Crippen LogP contribution is -2.14. The molecule has 0 aliphatic carbocycles. The van der Waals surface area contributed by atoms with Crippen LogP contribution in [0.25, 0.3) is 5.82 Å². The van der Waals surface area contributed by atoms with E-state index >= 15 is 0 Å². The van der Waals surface area contributed by atoms with Crippen LogP contribution in [-0.2, 0) is 0 Å². The number of aromatic nitrogens is 4. The maximum Gasteiger partial charge on any atom is 0.254 e. The monoisotopic (exact) mass is 248 g/mol. The second-order valence-electron chi connectivity index (χ2n) is 3.54. The summed E-state index contributed by atoms with van der Waals surface area (Å²) in [5.74, 6) is 0.279. The van der Waals surface area contributed by atoms with Crippen molar-refractivity contribution in [3.05, 3.63) is 23.7 Å². The molecular weight excluding hydrogens is 236 g/mol. The van der Waals surface area contributed by atoms with Gasteiger partial charge in [0.05, 0.1) is 12.8 Å². The number of nitrogens with zero attached hydrogens (tertiary/aromatic N) is 4. The minimum atomic E-state index is -0.628. The summed E-state index contributed by atoms with van der Waals surface area (Å²) in [6, 6.07) is 1.55. The first-order valence-electron chi connectivity index (χ1n) is 5.06. The second kappa shape index (κ2) is 4.32. The van der Waals surface area contributed by atoms with Crippen LogP contribution in [0.15, 0.2) is 12.4 Å². The number of carbonyl (C=O) groups is 1. The highest BCUT2D eigenvalue weighted by molar-refractivity contribution is 5.98. The molecule has 18 heavy (non-hydrogen) atoms. The summed E-state index contributed by atoms with van der Waals surface area (Å²) in [5, 5.41) is 4.12. The van der Waals surface area contributed by atoms with E-state index in [1.807, 2.05) is 0 Å². The molecule has 0 aliphatic heterocycles. The molecule has 4 N–H and O–H groups in total. The van der Waals surface area contributed by atoms with E-state index in [2.05, 4.69) is 15.1 Å². The molecule has 2 heterocycles. The van der Waals surface area contributed by atoms with E-state index in [9.17, 15) is 4.79 Å². The Morgan fingerprint density at radius 3 is 2.72 bits per heavy atom. The number of ether oxygens (including phenoxy) is 1. The number of hydrogen-bond donors (Lipinski definition) is 2. The topological polar surface area (TPSA) is 122 Å². The molecule has 0 saturated heterocycles. The zero-order chi connectivity index (χ0) is 13.3. The third-order valence-corrected chi connectivity index (χ3v) is 2.40. The number of aryl methyl sites for hydroxylation is 1. The predicted molar refractivity (Wildman–Crippen MR) is 63.4 cm³/mol. The number of rotatable bonds is 3. The number of nitrogens with two attached hydrogens (primary N) is 2. The zero-order valence-corrected chi connectivity index (χ0v) is 9.91. The first kappa shape index (κ1) is 11.8. The Labute approximate surface area is 103 Å². The van der Waals surface area contributed by atoms with Gasteiger partial charge in [0.1, 0.15) is 17.7 Å². The summed E-state index contributed by atoms with van der Waals surface area (Å²) in [4.78, 5) is 19.1. The van der Waals surface area contributed by atoms with E-state index in [0.717, 1.165) is 0 Å². The van der Waals surface area contributed by atoms with Crippen molar-refractivity contribution < 1.29 is 9.53 Å². The molecule has 2 aromatic heterocycles. The third kappa shape index (κ3) is 1.83. The Hall–Kier alpha value is -2.64. The quantitative estimate of drug-likeness (QED) is 0.766. The van der Waals surface area contributed by atoms with Gasteiger partial charge in [-0.3, -0.25) is 4.79 Å². The van der Waals surface area contributed by atoms with E-state index in [4.69, 9.17) is 16.2 Å². The number of methoxy groups -OCH3 is 1. The minimum absolute atomic E-state index is 0.140.